The first-order chi connectivity index (χ1) is 11.6. The van der Waals surface area contributed by atoms with Crippen LogP contribution in [0.4, 0.5) is 10.1 Å². The van der Waals surface area contributed by atoms with Gasteiger partial charge >= 0.3 is 0 Å². The molecule has 0 spiro atoms. The van der Waals surface area contributed by atoms with Crippen LogP contribution in [0.1, 0.15) is 5.56 Å². The van der Waals surface area contributed by atoms with E-state index in [0.717, 1.165) is 5.56 Å². The standard InChI is InChI=1S/C18H16FN3O2/c1-24-17-5-3-2-4-13(17)11-21-12-14(10-20)18(23)22-16-8-6-15(19)7-9-16/h2-9,12,21H,11H2,1H3,(H,22,23)/b14-12-. The number of methoxy groups -OCH3 is 1. The lowest BCUT2D eigenvalue weighted by Crippen LogP contribution is -2.16. The molecule has 0 atom stereocenters. The molecule has 2 aromatic carbocycles. The number of ether oxygens (including phenoxy) is 1. The Balaban J connectivity index is 1.99. The Morgan fingerprint density at radius 3 is 2.62 bits per heavy atom. The topological polar surface area (TPSA) is 74.1 Å². The maximum absolute atomic E-state index is 12.8. The molecule has 6 heteroatoms. The number of nitrogens with zero attached hydrogens (tertiary/aromatic N) is 1. The van der Waals surface area contributed by atoms with Gasteiger partial charge in [-0.1, -0.05) is 18.2 Å². The van der Waals surface area contributed by atoms with Crippen LogP contribution in [0, 0.1) is 17.1 Å². The zero-order chi connectivity index (χ0) is 17.4. The van der Waals surface area contributed by atoms with E-state index in [1.165, 1.54) is 30.5 Å². The average Bonchev–Trinajstić information content (AvgIpc) is 2.61. The van der Waals surface area contributed by atoms with E-state index in [2.05, 4.69) is 10.6 Å². The highest BCUT2D eigenvalue weighted by molar-refractivity contribution is 6.06. The average molecular weight is 325 g/mol. The summed E-state index contributed by atoms with van der Waals surface area (Å²) >= 11 is 0. The number of carbonyl (C=O) groups is 1. The largest absolute Gasteiger partial charge is 0.496 e. The Kier molecular flexibility index (Phi) is 5.92. The number of halogens is 1. The van der Waals surface area contributed by atoms with Crippen LogP contribution in [-0.2, 0) is 11.3 Å². The van der Waals surface area contributed by atoms with Gasteiger partial charge in [-0.3, -0.25) is 4.79 Å². The molecule has 2 rings (SSSR count). The molecule has 1 amide bonds. The van der Waals surface area contributed by atoms with Crippen LogP contribution in [-0.4, -0.2) is 13.0 Å². The predicted molar refractivity (Wildman–Crippen MR) is 88.6 cm³/mol. The monoisotopic (exact) mass is 325 g/mol. The molecule has 122 valence electrons. The summed E-state index contributed by atoms with van der Waals surface area (Å²) in [7, 11) is 1.57. The fourth-order valence-electron chi connectivity index (χ4n) is 1.99. The second-order valence-corrected chi connectivity index (χ2v) is 4.82. The van der Waals surface area contributed by atoms with Crippen LogP contribution in [0.3, 0.4) is 0 Å². The van der Waals surface area contributed by atoms with Crippen LogP contribution in [0.5, 0.6) is 5.75 Å². The Morgan fingerprint density at radius 1 is 1.25 bits per heavy atom. The van der Waals surface area contributed by atoms with Crippen molar-refractivity contribution < 1.29 is 13.9 Å². The highest BCUT2D eigenvalue weighted by Gasteiger charge is 2.09. The van der Waals surface area contributed by atoms with Gasteiger partial charge in [-0.25, -0.2) is 4.39 Å². The van der Waals surface area contributed by atoms with Crippen molar-refractivity contribution in [2.45, 2.75) is 6.54 Å². The van der Waals surface area contributed by atoms with E-state index in [9.17, 15) is 9.18 Å². The summed E-state index contributed by atoms with van der Waals surface area (Å²) in [5.41, 5.74) is 1.22. The van der Waals surface area contributed by atoms with Gasteiger partial charge in [0.2, 0.25) is 0 Å². The predicted octanol–water partition coefficient (Wildman–Crippen LogP) is 2.97. The number of hydrogen-bond donors (Lipinski definition) is 2. The van der Waals surface area contributed by atoms with Gasteiger partial charge in [-0.05, 0) is 30.3 Å². The molecule has 0 aromatic heterocycles. The van der Waals surface area contributed by atoms with Crippen LogP contribution in [0.25, 0.3) is 0 Å². The first-order valence-electron chi connectivity index (χ1n) is 7.16. The number of hydrogen-bond acceptors (Lipinski definition) is 4. The number of nitrogens with one attached hydrogen (secondary N) is 2. The van der Waals surface area contributed by atoms with Crippen molar-refractivity contribution in [3.63, 3.8) is 0 Å². The molecule has 0 heterocycles. The number of para-hydroxylation sites is 1. The van der Waals surface area contributed by atoms with Crippen molar-refractivity contribution in [2.75, 3.05) is 12.4 Å². The summed E-state index contributed by atoms with van der Waals surface area (Å²) in [5.74, 6) is -0.258. The second-order valence-electron chi connectivity index (χ2n) is 4.82. The van der Waals surface area contributed by atoms with Crippen molar-refractivity contribution in [1.82, 2.24) is 5.32 Å². The van der Waals surface area contributed by atoms with Gasteiger partial charge in [0, 0.05) is 24.0 Å². The third-order valence-electron chi connectivity index (χ3n) is 3.20. The van der Waals surface area contributed by atoms with Gasteiger partial charge in [0.25, 0.3) is 5.91 Å². The highest BCUT2D eigenvalue weighted by Crippen LogP contribution is 2.16. The summed E-state index contributed by atoms with van der Waals surface area (Å²) in [6, 6.07) is 14.6. The van der Waals surface area contributed by atoms with Crippen molar-refractivity contribution in [2.24, 2.45) is 0 Å². The van der Waals surface area contributed by atoms with Gasteiger partial charge in [-0.2, -0.15) is 5.26 Å². The summed E-state index contributed by atoms with van der Waals surface area (Å²) in [6.07, 6.45) is 1.34. The maximum Gasteiger partial charge on any atom is 0.267 e. The van der Waals surface area contributed by atoms with E-state index < -0.39 is 11.7 Å². The minimum Gasteiger partial charge on any atom is -0.496 e. The number of amides is 1. The Hall–Kier alpha value is -3.33. The Bertz CT molecular complexity index is 780. The molecule has 0 fully saturated rings. The number of rotatable bonds is 6. The molecule has 0 unspecified atom stereocenters. The van der Waals surface area contributed by atoms with Gasteiger partial charge in [0.05, 0.1) is 7.11 Å². The zero-order valence-electron chi connectivity index (χ0n) is 13.0. The number of nitriles is 1. The molecular formula is C18H16FN3O2. The lowest BCUT2D eigenvalue weighted by Gasteiger charge is -2.08. The number of anilines is 1. The summed E-state index contributed by atoms with van der Waals surface area (Å²) < 4.78 is 18.1. The normalized spacial score (nSPS) is 10.6. The molecule has 2 N–H and O–H groups in total. The van der Waals surface area contributed by atoms with E-state index in [4.69, 9.17) is 10.00 Å². The van der Waals surface area contributed by atoms with Crippen molar-refractivity contribution >= 4 is 11.6 Å². The molecule has 0 saturated carbocycles. The molecule has 0 radical (unpaired) electrons. The minimum absolute atomic E-state index is 0.0887. The molecule has 2 aromatic rings. The molecule has 0 aliphatic carbocycles. The number of carbonyl (C=O) groups excluding carboxylic acids is 1. The van der Waals surface area contributed by atoms with Gasteiger partial charge < -0.3 is 15.4 Å². The van der Waals surface area contributed by atoms with Gasteiger partial charge in [-0.15, -0.1) is 0 Å². The van der Waals surface area contributed by atoms with Crippen molar-refractivity contribution in [3.05, 3.63) is 71.7 Å². The van der Waals surface area contributed by atoms with Crippen LogP contribution in [0.2, 0.25) is 0 Å². The lowest BCUT2D eigenvalue weighted by atomic mass is 10.2. The Labute approximate surface area is 139 Å². The quantitative estimate of drug-likeness (QED) is 0.632. The van der Waals surface area contributed by atoms with Crippen LogP contribution >= 0.6 is 0 Å². The van der Waals surface area contributed by atoms with Crippen molar-refractivity contribution in [3.8, 4) is 11.8 Å². The van der Waals surface area contributed by atoms with E-state index in [-0.39, 0.29) is 5.57 Å². The lowest BCUT2D eigenvalue weighted by molar-refractivity contribution is -0.112. The van der Waals surface area contributed by atoms with Gasteiger partial charge in [0.15, 0.2) is 0 Å². The van der Waals surface area contributed by atoms with Crippen LogP contribution in [0.15, 0.2) is 60.3 Å². The molecule has 0 bridgehead atoms. The summed E-state index contributed by atoms with van der Waals surface area (Å²) in [6.45, 7) is 0.402. The molecule has 0 aliphatic heterocycles. The molecule has 0 aliphatic rings. The van der Waals surface area contributed by atoms with Crippen molar-refractivity contribution in [1.29, 1.82) is 5.26 Å². The van der Waals surface area contributed by atoms with E-state index >= 15 is 0 Å². The van der Waals surface area contributed by atoms with E-state index in [0.29, 0.717) is 18.0 Å². The smallest absolute Gasteiger partial charge is 0.267 e. The molecule has 5 nitrogen and oxygen atoms in total. The molecule has 24 heavy (non-hydrogen) atoms. The third-order valence-corrected chi connectivity index (χ3v) is 3.20. The fraction of sp³-hybridized carbons (Fsp3) is 0.111. The Morgan fingerprint density at radius 2 is 1.96 bits per heavy atom. The first-order valence-corrected chi connectivity index (χ1v) is 7.16. The van der Waals surface area contributed by atoms with Crippen LogP contribution < -0.4 is 15.4 Å². The maximum atomic E-state index is 12.8. The third kappa shape index (κ3) is 4.58. The second kappa shape index (κ2) is 8.34. The minimum atomic E-state index is -0.573. The van der Waals surface area contributed by atoms with E-state index in [1.807, 2.05) is 30.3 Å². The fourth-order valence-corrected chi connectivity index (χ4v) is 1.99. The summed E-state index contributed by atoms with van der Waals surface area (Å²) in [4.78, 5) is 12.0. The van der Waals surface area contributed by atoms with Gasteiger partial charge in [0.1, 0.15) is 23.2 Å². The molecular weight excluding hydrogens is 309 g/mol. The SMILES string of the molecule is COc1ccccc1CN/C=C(/C#N)C(=O)Nc1ccc(F)cc1. The summed E-state index contributed by atoms with van der Waals surface area (Å²) in [5, 5.41) is 14.6. The number of benzene rings is 2. The molecule has 0 saturated heterocycles. The zero-order valence-corrected chi connectivity index (χ0v) is 13.0. The highest BCUT2D eigenvalue weighted by atomic mass is 19.1. The van der Waals surface area contributed by atoms with E-state index in [1.54, 1.807) is 7.11 Å². The first kappa shape index (κ1) is 17.0.